The second-order valence-electron chi connectivity index (χ2n) is 5.11. The zero-order valence-corrected chi connectivity index (χ0v) is 10.6. The van der Waals surface area contributed by atoms with Crippen molar-refractivity contribution < 1.29 is 17.2 Å². The fourth-order valence-corrected chi connectivity index (χ4v) is 2.15. The van der Waals surface area contributed by atoms with Crippen LogP contribution in [0.3, 0.4) is 0 Å². The third-order valence-electron chi connectivity index (χ3n) is 3.18. The topological polar surface area (TPSA) is 20.3 Å². The van der Waals surface area contributed by atoms with E-state index in [-0.39, 0.29) is 23.9 Å². The number of carbonyl (C=O) groups is 1. The molecule has 1 saturated heterocycles. The van der Waals surface area contributed by atoms with Gasteiger partial charge < -0.3 is 12.4 Å². The average Bonchev–Trinajstić information content (AvgIpc) is 1.98. The van der Waals surface area contributed by atoms with Gasteiger partial charge in [0.25, 0.3) is 0 Å². The van der Waals surface area contributed by atoms with E-state index in [1.807, 2.05) is 6.92 Å². The van der Waals surface area contributed by atoms with Crippen LogP contribution < -0.4 is 12.4 Å². The zero-order valence-electron chi connectivity index (χ0n) is 9.80. The Morgan fingerprint density at radius 3 is 2.21 bits per heavy atom. The standard InChI is InChI=1S/C11H21NO.ClH/c1-8-9(2)12(11(3,4)5)7-6-10(8)13;/h8-9H,6-7H2,1-5H3;1H/p-1. The van der Waals surface area contributed by atoms with E-state index in [0.29, 0.717) is 11.8 Å². The van der Waals surface area contributed by atoms with Crippen molar-refractivity contribution in [3.05, 3.63) is 0 Å². The minimum atomic E-state index is 0. The van der Waals surface area contributed by atoms with E-state index in [4.69, 9.17) is 0 Å². The quantitative estimate of drug-likeness (QED) is 0.525. The van der Waals surface area contributed by atoms with Gasteiger partial charge in [0.2, 0.25) is 0 Å². The van der Waals surface area contributed by atoms with Gasteiger partial charge in [0.1, 0.15) is 5.78 Å². The van der Waals surface area contributed by atoms with Crippen molar-refractivity contribution in [3.63, 3.8) is 0 Å². The number of piperidine rings is 1. The van der Waals surface area contributed by atoms with E-state index in [1.165, 1.54) is 0 Å². The molecule has 2 unspecified atom stereocenters. The first-order valence-corrected chi connectivity index (χ1v) is 5.13. The Hall–Kier alpha value is -0.0800. The van der Waals surface area contributed by atoms with Crippen LogP contribution in [0.15, 0.2) is 0 Å². The minimum Gasteiger partial charge on any atom is -1.00 e. The van der Waals surface area contributed by atoms with E-state index >= 15 is 0 Å². The van der Waals surface area contributed by atoms with Gasteiger partial charge in [-0.05, 0) is 27.7 Å². The highest BCUT2D eigenvalue weighted by atomic mass is 35.5. The first-order chi connectivity index (χ1) is 5.84. The Labute approximate surface area is 93.5 Å². The number of halogens is 1. The average molecular weight is 219 g/mol. The summed E-state index contributed by atoms with van der Waals surface area (Å²) in [4.78, 5) is 13.9. The molecule has 0 amide bonds. The van der Waals surface area contributed by atoms with Gasteiger partial charge in [-0.25, -0.2) is 0 Å². The monoisotopic (exact) mass is 218 g/mol. The van der Waals surface area contributed by atoms with Crippen molar-refractivity contribution in [1.82, 2.24) is 4.90 Å². The summed E-state index contributed by atoms with van der Waals surface area (Å²) in [7, 11) is 0. The summed E-state index contributed by atoms with van der Waals surface area (Å²) < 4.78 is 0. The maximum absolute atomic E-state index is 11.5. The number of hydrogen-bond acceptors (Lipinski definition) is 2. The molecule has 3 heteroatoms. The molecule has 1 aliphatic rings. The predicted octanol–water partition coefficient (Wildman–Crippen LogP) is -0.912. The van der Waals surface area contributed by atoms with Gasteiger partial charge in [0, 0.05) is 30.5 Å². The van der Waals surface area contributed by atoms with Crippen molar-refractivity contribution in [3.8, 4) is 0 Å². The maximum Gasteiger partial charge on any atom is 0.138 e. The molecule has 0 aliphatic carbocycles. The van der Waals surface area contributed by atoms with Crippen molar-refractivity contribution >= 4 is 5.78 Å². The summed E-state index contributed by atoms with van der Waals surface area (Å²) in [5.41, 5.74) is 0.189. The van der Waals surface area contributed by atoms with Gasteiger partial charge in [-0.2, -0.15) is 0 Å². The lowest BCUT2D eigenvalue weighted by atomic mass is 9.87. The molecule has 0 spiro atoms. The molecule has 1 heterocycles. The molecule has 0 aromatic carbocycles. The van der Waals surface area contributed by atoms with Crippen LogP contribution in [0, 0.1) is 5.92 Å². The molecule has 0 radical (unpaired) electrons. The predicted molar refractivity (Wildman–Crippen MR) is 54.7 cm³/mol. The van der Waals surface area contributed by atoms with Crippen LogP contribution in [0.4, 0.5) is 0 Å². The fourth-order valence-electron chi connectivity index (χ4n) is 2.15. The number of nitrogens with zero attached hydrogens (tertiary/aromatic N) is 1. The van der Waals surface area contributed by atoms with Gasteiger partial charge in [0.05, 0.1) is 0 Å². The van der Waals surface area contributed by atoms with Crippen LogP contribution in [-0.4, -0.2) is 28.8 Å². The summed E-state index contributed by atoms with van der Waals surface area (Å²) in [5.74, 6) is 0.626. The van der Waals surface area contributed by atoms with E-state index in [9.17, 15) is 4.79 Å². The number of carbonyl (C=O) groups excluding carboxylic acids is 1. The van der Waals surface area contributed by atoms with Gasteiger partial charge in [-0.15, -0.1) is 0 Å². The molecule has 1 aliphatic heterocycles. The molecule has 2 atom stereocenters. The molecule has 0 saturated carbocycles. The summed E-state index contributed by atoms with van der Waals surface area (Å²) in [6, 6.07) is 0.390. The van der Waals surface area contributed by atoms with Crippen molar-refractivity contribution in [2.75, 3.05) is 6.54 Å². The van der Waals surface area contributed by atoms with Gasteiger partial charge in [-0.1, -0.05) is 6.92 Å². The Morgan fingerprint density at radius 2 is 1.79 bits per heavy atom. The molecule has 2 nitrogen and oxygen atoms in total. The number of rotatable bonds is 0. The highest BCUT2D eigenvalue weighted by Gasteiger charge is 2.36. The van der Waals surface area contributed by atoms with E-state index in [0.717, 1.165) is 13.0 Å². The Morgan fingerprint density at radius 1 is 1.29 bits per heavy atom. The van der Waals surface area contributed by atoms with Crippen molar-refractivity contribution in [2.24, 2.45) is 5.92 Å². The van der Waals surface area contributed by atoms with E-state index in [2.05, 4.69) is 32.6 Å². The molecule has 1 rings (SSSR count). The lowest BCUT2D eigenvalue weighted by Gasteiger charge is -2.45. The van der Waals surface area contributed by atoms with E-state index < -0.39 is 0 Å². The molecule has 0 aromatic rings. The Balaban J connectivity index is 0.00000169. The molecule has 0 N–H and O–H groups in total. The lowest BCUT2D eigenvalue weighted by Crippen LogP contribution is -3.00. The molecule has 84 valence electrons. The second-order valence-corrected chi connectivity index (χ2v) is 5.11. The smallest absolute Gasteiger partial charge is 0.138 e. The highest BCUT2D eigenvalue weighted by Crippen LogP contribution is 2.27. The van der Waals surface area contributed by atoms with Gasteiger partial charge in [0.15, 0.2) is 0 Å². The number of Topliss-reactive ketones (excluding diaryl/α,β-unsaturated/α-hetero) is 1. The summed E-state index contributed by atoms with van der Waals surface area (Å²) in [6.07, 6.45) is 0.725. The van der Waals surface area contributed by atoms with Crippen LogP contribution in [0.5, 0.6) is 0 Å². The van der Waals surface area contributed by atoms with Crippen LogP contribution in [0.25, 0.3) is 0 Å². The normalized spacial score (nSPS) is 29.9. The lowest BCUT2D eigenvalue weighted by molar-refractivity contribution is -0.129. The van der Waals surface area contributed by atoms with Crippen LogP contribution >= 0.6 is 0 Å². The molecular formula is C11H21ClNO-. The van der Waals surface area contributed by atoms with Crippen LogP contribution in [0.1, 0.15) is 41.0 Å². The largest absolute Gasteiger partial charge is 1.00 e. The van der Waals surface area contributed by atoms with E-state index in [1.54, 1.807) is 0 Å². The third kappa shape index (κ3) is 2.71. The highest BCUT2D eigenvalue weighted by molar-refractivity contribution is 5.82. The van der Waals surface area contributed by atoms with Crippen LogP contribution in [-0.2, 0) is 4.79 Å². The SMILES string of the molecule is CC1C(=O)CCN(C(C)(C)C)C1C.[Cl-]. The Kier molecular flexibility index (Phi) is 4.60. The maximum atomic E-state index is 11.5. The minimum absolute atomic E-state index is 0. The summed E-state index contributed by atoms with van der Waals surface area (Å²) >= 11 is 0. The molecule has 14 heavy (non-hydrogen) atoms. The van der Waals surface area contributed by atoms with Crippen molar-refractivity contribution in [1.29, 1.82) is 0 Å². The first kappa shape index (κ1) is 13.9. The zero-order chi connectivity index (χ0) is 10.2. The summed E-state index contributed by atoms with van der Waals surface area (Å²) in [6.45, 7) is 11.8. The Bertz CT molecular complexity index is 210. The molecule has 1 fully saturated rings. The fraction of sp³-hybridized carbons (Fsp3) is 0.909. The van der Waals surface area contributed by atoms with Gasteiger partial charge in [-0.3, -0.25) is 9.69 Å². The van der Waals surface area contributed by atoms with Crippen molar-refractivity contribution in [2.45, 2.75) is 52.6 Å². The number of likely N-dealkylation sites (tertiary alicyclic amines) is 1. The summed E-state index contributed by atoms with van der Waals surface area (Å²) in [5, 5.41) is 0. The number of hydrogen-bond donors (Lipinski definition) is 0. The first-order valence-electron chi connectivity index (χ1n) is 5.13. The van der Waals surface area contributed by atoms with Crippen LogP contribution in [0.2, 0.25) is 0 Å². The second kappa shape index (κ2) is 4.63. The molecule has 0 bridgehead atoms. The molecule has 0 aromatic heterocycles. The van der Waals surface area contributed by atoms with Gasteiger partial charge >= 0.3 is 0 Å². The number of ketones is 1. The third-order valence-corrected chi connectivity index (χ3v) is 3.18. The molecular weight excluding hydrogens is 198 g/mol.